The number of pyridine rings is 2. The van der Waals surface area contributed by atoms with Crippen LogP contribution < -0.4 is 5.43 Å². The Kier molecular flexibility index (Phi) is 4.19. The summed E-state index contributed by atoms with van der Waals surface area (Å²) in [5.74, 6) is 0. The van der Waals surface area contributed by atoms with Gasteiger partial charge in [0.1, 0.15) is 0 Å². The molecule has 0 aliphatic carbocycles. The Morgan fingerprint density at radius 3 is 2.86 bits per heavy atom. The van der Waals surface area contributed by atoms with Gasteiger partial charge in [-0.25, -0.2) is 0 Å². The van der Waals surface area contributed by atoms with E-state index in [4.69, 9.17) is 0 Å². The molecule has 0 aromatic carbocycles. The summed E-state index contributed by atoms with van der Waals surface area (Å²) < 4.78 is 0. The lowest BCUT2D eigenvalue weighted by atomic mass is 9.75. The number of piperidine rings is 1. The molecule has 5 heteroatoms. The van der Waals surface area contributed by atoms with Crippen molar-refractivity contribution in [3.8, 4) is 11.3 Å². The Balaban J connectivity index is 0.00000144. The highest BCUT2D eigenvalue weighted by Gasteiger charge is 2.42. The van der Waals surface area contributed by atoms with Gasteiger partial charge in [-0.3, -0.25) is 9.78 Å². The average Bonchev–Trinajstić information content (AvgIpc) is 2.84. The standard InChI is InChI=1S/C17H19N3O.BrH/c21-16-4-7-18-11-14(16)15-3-2-13(10-19-15)17-5-1-8-20(12-17)9-6-17;/h2-4,7,10-11H,1,5-6,8-9,12H2,(H,18,21);1H. The fraction of sp³-hybridized carbons (Fsp3) is 0.412. The van der Waals surface area contributed by atoms with Crippen molar-refractivity contribution in [2.45, 2.75) is 24.7 Å². The van der Waals surface area contributed by atoms with Crippen molar-refractivity contribution in [1.29, 1.82) is 0 Å². The highest BCUT2D eigenvalue weighted by Crippen LogP contribution is 2.41. The molecule has 2 aliphatic rings. The lowest BCUT2D eigenvalue weighted by Crippen LogP contribution is -2.36. The van der Waals surface area contributed by atoms with Gasteiger partial charge in [-0.1, -0.05) is 6.07 Å². The van der Waals surface area contributed by atoms with Crippen LogP contribution in [-0.4, -0.2) is 34.5 Å². The number of halogens is 1. The third kappa shape index (κ3) is 2.52. The largest absolute Gasteiger partial charge is 0.367 e. The van der Waals surface area contributed by atoms with Gasteiger partial charge in [-0.15, -0.1) is 17.0 Å². The van der Waals surface area contributed by atoms with Crippen LogP contribution in [0.2, 0.25) is 0 Å². The maximum Gasteiger partial charge on any atom is 0.190 e. The summed E-state index contributed by atoms with van der Waals surface area (Å²) in [5, 5.41) is 0. The van der Waals surface area contributed by atoms with E-state index in [1.165, 1.54) is 44.5 Å². The van der Waals surface area contributed by atoms with Crippen LogP contribution in [-0.2, 0) is 5.41 Å². The lowest BCUT2D eigenvalue weighted by molar-refractivity contribution is 0.243. The first-order valence-corrected chi connectivity index (χ1v) is 7.63. The highest BCUT2D eigenvalue weighted by molar-refractivity contribution is 8.93. The van der Waals surface area contributed by atoms with Gasteiger partial charge in [-0.05, 0) is 44.0 Å². The summed E-state index contributed by atoms with van der Waals surface area (Å²) in [5.41, 5.74) is 3.03. The second kappa shape index (κ2) is 5.97. The molecule has 4 nitrogen and oxygen atoms in total. The fourth-order valence-electron chi connectivity index (χ4n) is 3.86. The number of hydrogen-bond donors (Lipinski definition) is 1. The number of aromatic amines is 1. The molecular formula is C17H20BrN3O. The van der Waals surface area contributed by atoms with Crippen molar-refractivity contribution in [1.82, 2.24) is 14.9 Å². The molecule has 0 amide bonds. The number of fused-ring (bicyclic) bond motifs is 2. The number of rotatable bonds is 2. The third-order valence-electron chi connectivity index (χ3n) is 5.04. The smallest absolute Gasteiger partial charge is 0.190 e. The molecule has 2 saturated heterocycles. The second-order valence-corrected chi connectivity index (χ2v) is 6.26. The van der Waals surface area contributed by atoms with Crippen molar-refractivity contribution in [2.75, 3.05) is 19.6 Å². The van der Waals surface area contributed by atoms with Crippen LogP contribution >= 0.6 is 17.0 Å². The van der Waals surface area contributed by atoms with E-state index in [0.29, 0.717) is 11.0 Å². The van der Waals surface area contributed by atoms with Crippen molar-refractivity contribution >= 4 is 17.0 Å². The Hall–Kier alpha value is -1.46. The summed E-state index contributed by atoms with van der Waals surface area (Å²) in [6, 6.07) is 5.70. The molecule has 2 unspecified atom stereocenters. The monoisotopic (exact) mass is 361 g/mol. The summed E-state index contributed by atoms with van der Waals surface area (Å²) in [6.45, 7) is 3.62. The summed E-state index contributed by atoms with van der Waals surface area (Å²) in [7, 11) is 0. The predicted octanol–water partition coefficient (Wildman–Crippen LogP) is 2.75. The minimum absolute atomic E-state index is 0. The number of nitrogens with zero attached hydrogens (tertiary/aromatic N) is 2. The van der Waals surface area contributed by atoms with Gasteiger partial charge in [0.25, 0.3) is 0 Å². The molecule has 2 aromatic rings. The molecular weight excluding hydrogens is 342 g/mol. The van der Waals surface area contributed by atoms with E-state index in [9.17, 15) is 4.79 Å². The maximum atomic E-state index is 11.9. The second-order valence-electron chi connectivity index (χ2n) is 6.26. The number of hydrogen-bond acceptors (Lipinski definition) is 3. The topological polar surface area (TPSA) is 49.0 Å². The molecule has 0 spiro atoms. The van der Waals surface area contributed by atoms with Gasteiger partial charge < -0.3 is 9.88 Å². The maximum absolute atomic E-state index is 11.9. The zero-order valence-corrected chi connectivity index (χ0v) is 14.1. The molecule has 4 rings (SSSR count). The first-order valence-electron chi connectivity index (χ1n) is 7.63. The summed E-state index contributed by atoms with van der Waals surface area (Å²) in [6.07, 6.45) is 9.13. The summed E-state index contributed by atoms with van der Waals surface area (Å²) in [4.78, 5) is 21.9. The molecule has 0 saturated carbocycles. The van der Waals surface area contributed by atoms with Crippen molar-refractivity contribution in [3.63, 3.8) is 0 Å². The van der Waals surface area contributed by atoms with E-state index < -0.39 is 0 Å². The SMILES string of the molecule is Br.O=c1cc[nH]cc1-c1ccc(C23CCCN(CC2)C3)cn1. The molecule has 1 N–H and O–H groups in total. The first-order chi connectivity index (χ1) is 10.3. The number of nitrogens with one attached hydrogen (secondary N) is 1. The molecule has 0 radical (unpaired) electrons. The van der Waals surface area contributed by atoms with Crippen LogP contribution in [0.15, 0.2) is 41.6 Å². The molecule has 4 heterocycles. The minimum Gasteiger partial charge on any atom is -0.367 e. The number of H-pyrrole nitrogens is 1. The van der Waals surface area contributed by atoms with Gasteiger partial charge in [0.15, 0.2) is 5.43 Å². The van der Waals surface area contributed by atoms with E-state index in [0.717, 1.165) is 5.69 Å². The molecule has 22 heavy (non-hydrogen) atoms. The first kappa shape index (κ1) is 15.4. The van der Waals surface area contributed by atoms with E-state index in [1.54, 1.807) is 18.5 Å². The zero-order valence-electron chi connectivity index (χ0n) is 12.4. The molecule has 2 bridgehead atoms. The minimum atomic E-state index is 0. The Morgan fingerprint density at radius 2 is 2.09 bits per heavy atom. The Labute approximate surface area is 140 Å². The normalized spacial score (nSPS) is 26.5. The van der Waals surface area contributed by atoms with Gasteiger partial charge in [0.2, 0.25) is 0 Å². The van der Waals surface area contributed by atoms with Gasteiger partial charge >= 0.3 is 0 Å². The zero-order chi connectivity index (χ0) is 14.3. The van der Waals surface area contributed by atoms with E-state index in [-0.39, 0.29) is 22.4 Å². The van der Waals surface area contributed by atoms with Crippen molar-refractivity contribution in [3.05, 3.63) is 52.6 Å². The van der Waals surface area contributed by atoms with Crippen LogP contribution in [0.1, 0.15) is 24.8 Å². The van der Waals surface area contributed by atoms with Crippen LogP contribution in [0, 0.1) is 0 Å². The third-order valence-corrected chi connectivity index (χ3v) is 5.04. The Morgan fingerprint density at radius 1 is 1.18 bits per heavy atom. The van der Waals surface area contributed by atoms with Crippen LogP contribution in [0.4, 0.5) is 0 Å². The molecule has 2 aliphatic heterocycles. The average molecular weight is 362 g/mol. The fourth-order valence-corrected chi connectivity index (χ4v) is 3.86. The van der Waals surface area contributed by atoms with Crippen LogP contribution in [0.3, 0.4) is 0 Å². The highest BCUT2D eigenvalue weighted by atomic mass is 79.9. The molecule has 2 atom stereocenters. The van der Waals surface area contributed by atoms with Gasteiger partial charge in [-0.2, -0.15) is 0 Å². The number of aromatic nitrogens is 2. The van der Waals surface area contributed by atoms with Crippen LogP contribution in [0.5, 0.6) is 0 Å². The van der Waals surface area contributed by atoms with E-state index in [2.05, 4.69) is 20.9 Å². The molecule has 2 fully saturated rings. The Bertz CT molecular complexity index is 708. The van der Waals surface area contributed by atoms with Crippen LogP contribution in [0.25, 0.3) is 11.3 Å². The quantitative estimate of drug-likeness (QED) is 0.894. The lowest BCUT2D eigenvalue weighted by Gasteiger charge is -2.34. The van der Waals surface area contributed by atoms with Gasteiger partial charge in [0.05, 0.1) is 11.3 Å². The summed E-state index contributed by atoms with van der Waals surface area (Å²) >= 11 is 0. The molecule has 2 aromatic heterocycles. The predicted molar refractivity (Wildman–Crippen MR) is 92.6 cm³/mol. The van der Waals surface area contributed by atoms with Crippen molar-refractivity contribution in [2.24, 2.45) is 0 Å². The van der Waals surface area contributed by atoms with E-state index in [1.807, 2.05) is 12.3 Å². The molecule has 116 valence electrons. The van der Waals surface area contributed by atoms with Crippen molar-refractivity contribution < 1.29 is 0 Å². The van der Waals surface area contributed by atoms with Gasteiger partial charge in [0, 0.05) is 36.6 Å². The van der Waals surface area contributed by atoms with E-state index >= 15 is 0 Å².